The monoisotopic (exact) mass is 239 g/mol. The molecule has 0 spiro atoms. The first-order valence-corrected chi connectivity index (χ1v) is 7.01. The van der Waals surface area contributed by atoms with Crippen molar-refractivity contribution in [1.82, 2.24) is 10.3 Å². The molecule has 1 saturated heterocycles. The Bertz CT molecular complexity index is 324. The predicted octanol–water partition coefficient (Wildman–Crippen LogP) is 2.49. The van der Waals surface area contributed by atoms with E-state index in [2.05, 4.69) is 29.0 Å². The van der Waals surface area contributed by atoms with Crippen molar-refractivity contribution in [2.24, 2.45) is 5.92 Å². The van der Waals surface area contributed by atoms with Crippen LogP contribution in [0.1, 0.15) is 31.6 Å². The Balaban J connectivity index is 1.87. The minimum atomic E-state index is 0.825. The molecule has 0 aromatic carbocycles. The Labute approximate surface area is 102 Å². The average Bonchev–Trinajstić information content (AvgIpc) is 2.87. The van der Waals surface area contributed by atoms with Gasteiger partial charge in [-0.05, 0) is 25.3 Å². The maximum Gasteiger partial charge on any atom is 0.185 e. The van der Waals surface area contributed by atoms with E-state index in [-0.39, 0.29) is 0 Å². The highest BCUT2D eigenvalue weighted by Crippen LogP contribution is 2.27. The second kappa shape index (κ2) is 5.64. The molecule has 90 valence electrons. The molecule has 0 radical (unpaired) electrons. The van der Waals surface area contributed by atoms with Crippen molar-refractivity contribution in [3.63, 3.8) is 0 Å². The van der Waals surface area contributed by atoms with Crippen LogP contribution in [0.5, 0.6) is 0 Å². The van der Waals surface area contributed by atoms with Crippen molar-refractivity contribution in [3.05, 3.63) is 11.1 Å². The summed E-state index contributed by atoms with van der Waals surface area (Å²) in [6.45, 7) is 8.92. The van der Waals surface area contributed by atoms with E-state index in [0.29, 0.717) is 0 Å². The molecule has 1 N–H and O–H groups in total. The van der Waals surface area contributed by atoms with Crippen LogP contribution in [0.25, 0.3) is 0 Å². The third-order valence-corrected chi connectivity index (χ3v) is 4.02. The van der Waals surface area contributed by atoms with Gasteiger partial charge in [-0.15, -0.1) is 11.3 Å². The Kier molecular flexibility index (Phi) is 4.18. The summed E-state index contributed by atoms with van der Waals surface area (Å²) >= 11 is 1.83. The van der Waals surface area contributed by atoms with Gasteiger partial charge in [-0.1, -0.05) is 13.8 Å². The van der Waals surface area contributed by atoms with Gasteiger partial charge in [0.2, 0.25) is 0 Å². The Morgan fingerprint density at radius 2 is 2.50 bits per heavy atom. The molecule has 0 bridgehead atoms. The Morgan fingerprint density at radius 1 is 1.62 bits per heavy atom. The number of hydrogen-bond donors (Lipinski definition) is 1. The molecule has 1 aromatic rings. The minimum absolute atomic E-state index is 0.825. The molecule has 3 nitrogen and oxygen atoms in total. The number of thiazole rings is 1. The van der Waals surface area contributed by atoms with Gasteiger partial charge in [-0.2, -0.15) is 0 Å². The molecular formula is C12H21N3S. The molecule has 0 aliphatic carbocycles. The minimum Gasteiger partial charge on any atom is -0.348 e. The lowest BCUT2D eigenvalue weighted by Gasteiger charge is -2.13. The lowest BCUT2D eigenvalue weighted by Crippen LogP contribution is -2.18. The molecule has 1 aliphatic heterocycles. The van der Waals surface area contributed by atoms with Crippen LogP contribution < -0.4 is 10.2 Å². The van der Waals surface area contributed by atoms with E-state index in [1.54, 1.807) is 0 Å². The van der Waals surface area contributed by atoms with E-state index in [1.807, 2.05) is 17.5 Å². The summed E-state index contributed by atoms with van der Waals surface area (Å²) in [5, 5.41) is 4.62. The van der Waals surface area contributed by atoms with Crippen LogP contribution in [0.3, 0.4) is 0 Å². The number of nitrogens with zero attached hydrogens (tertiary/aromatic N) is 2. The van der Waals surface area contributed by atoms with E-state index < -0.39 is 0 Å². The fourth-order valence-electron chi connectivity index (χ4n) is 2.02. The van der Waals surface area contributed by atoms with Crippen molar-refractivity contribution in [1.29, 1.82) is 0 Å². The van der Waals surface area contributed by atoms with Crippen LogP contribution in [-0.2, 0) is 6.54 Å². The number of anilines is 1. The fourth-order valence-corrected chi connectivity index (χ4v) is 2.94. The van der Waals surface area contributed by atoms with Crippen molar-refractivity contribution in [2.75, 3.05) is 24.5 Å². The highest BCUT2D eigenvalue weighted by Gasteiger charge is 2.20. The lowest BCUT2D eigenvalue weighted by atomic mass is 10.2. The van der Waals surface area contributed by atoms with E-state index in [9.17, 15) is 0 Å². The zero-order valence-electron chi connectivity index (χ0n) is 10.2. The molecule has 1 atom stereocenters. The number of aromatic nitrogens is 1. The molecule has 1 aliphatic rings. The van der Waals surface area contributed by atoms with Gasteiger partial charge in [0.05, 0.1) is 0 Å². The predicted molar refractivity (Wildman–Crippen MR) is 70.1 cm³/mol. The summed E-state index contributed by atoms with van der Waals surface area (Å²) in [7, 11) is 0. The molecule has 16 heavy (non-hydrogen) atoms. The third kappa shape index (κ3) is 2.95. The van der Waals surface area contributed by atoms with Crippen molar-refractivity contribution in [3.8, 4) is 0 Å². The number of rotatable bonds is 5. The maximum absolute atomic E-state index is 4.52. The molecule has 4 heteroatoms. The first-order valence-electron chi connectivity index (χ1n) is 6.20. The van der Waals surface area contributed by atoms with Crippen LogP contribution in [0.15, 0.2) is 6.20 Å². The fraction of sp³-hybridized carbons (Fsp3) is 0.750. The van der Waals surface area contributed by atoms with Crippen molar-refractivity contribution >= 4 is 16.5 Å². The summed E-state index contributed by atoms with van der Waals surface area (Å²) < 4.78 is 0. The van der Waals surface area contributed by atoms with Gasteiger partial charge in [0.15, 0.2) is 5.13 Å². The molecule has 1 aromatic heterocycles. The lowest BCUT2D eigenvalue weighted by molar-refractivity contribution is 0.659. The van der Waals surface area contributed by atoms with E-state index >= 15 is 0 Å². The van der Waals surface area contributed by atoms with Gasteiger partial charge in [0, 0.05) is 30.7 Å². The highest BCUT2D eigenvalue weighted by atomic mass is 32.1. The molecule has 1 fully saturated rings. The zero-order valence-corrected chi connectivity index (χ0v) is 11.0. The van der Waals surface area contributed by atoms with Gasteiger partial charge in [0.25, 0.3) is 0 Å². The Morgan fingerprint density at radius 3 is 3.19 bits per heavy atom. The zero-order chi connectivity index (χ0) is 11.4. The van der Waals surface area contributed by atoms with Crippen molar-refractivity contribution < 1.29 is 0 Å². The summed E-state index contributed by atoms with van der Waals surface area (Å²) in [6.07, 6.45) is 4.52. The summed E-state index contributed by atoms with van der Waals surface area (Å²) in [5.74, 6) is 0.825. The standard InChI is InChI=1S/C12H21N3S/c1-3-5-13-7-11-8-14-12(16-11)15-6-4-10(2)9-15/h8,10,13H,3-7,9H2,1-2H3. The Hall–Kier alpha value is -0.610. The SMILES string of the molecule is CCCNCc1cnc(N2CCC(C)C2)s1. The molecular weight excluding hydrogens is 218 g/mol. The van der Waals surface area contributed by atoms with E-state index in [0.717, 1.165) is 19.0 Å². The van der Waals surface area contributed by atoms with Crippen LogP contribution >= 0.6 is 11.3 Å². The van der Waals surface area contributed by atoms with Gasteiger partial charge in [-0.3, -0.25) is 0 Å². The van der Waals surface area contributed by atoms with E-state index in [4.69, 9.17) is 0 Å². The first-order chi connectivity index (χ1) is 7.79. The maximum atomic E-state index is 4.52. The molecule has 2 rings (SSSR count). The molecule has 1 unspecified atom stereocenters. The molecule has 2 heterocycles. The largest absolute Gasteiger partial charge is 0.348 e. The second-order valence-electron chi connectivity index (χ2n) is 4.63. The smallest absolute Gasteiger partial charge is 0.185 e. The quantitative estimate of drug-likeness (QED) is 0.800. The third-order valence-electron chi connectivity index (χ3n) is 2.96. The summed E-state index contributed by atoms with van der Waals surface area (Å²) in [6, 6.07) is 0. The summed E-state index contributed by atoms with van der Waals surface area (Å²) in [5.41, 5.74) is 0. The number of nitrogens with one attached hydrogen (secondary N) is 1. The van der Waals surface area contributed by atoms with Gasteiger partial charge >= 0.3 is 0 Å². The van der Waals surface area contributed by atoms with Crippen LogP contribution in [0.2, 0.25) is 0 Å². The normalized spacial score (nSPS) is 20.6. The van der Waals surface area contributed by atoms with Crippen LogP contribution in [0.4, 0.5) is 5.13 Å². The first kappa shape index (κ1) is 11.9. The second-order valence-corrected chi connectivity index (χ2v) is 5.72. The molecule has 0 saturated carbocycles. The number of hydrogen-bond acceptors (Lipinski definition) is 4. The molecule has 0 amide bonds. The van der Waals surface area contributed by atoms with Gasteiger partial charge < -0.3 is 10.2 Å². The van der Waals surface area contributed by atoms with Crippen LogP contribution in [0, 0.1) is 5.92 Å². The van der Waals surface area contributed by atoms with Crippen molar-refractivity contribution in [2.45, 2.75) is 33.2 Å². The van der Waals surface area contributed by atoms with E-state index in [1.165, 1.54) is 35.9 Å². The summed E-state index contributed by atoms with van der Waals surface area (Å²) in [4.78, 5) is 8.28. The highest BCUT2D eigenvalue weighted by molar-refractivity contribution is 7.15. The van der Waals surface area contributed by atoms with Gasteiger partial charge in [0.1, 0.15) is 0 Å². The topological polar surface area (TPSA) is 28.2 Å². The van der Waals surface area contributed by atoms with Gasteiger partial charge in [-0.25, -0.2) is 4.98 Å². The average molecular weight is 239 g/mol. The van der Waals surface area contributed by atoms with Crippen LogP contribution in [-0.4, -0.2) is 24.6 Å².